The minimum atomic E-state index is -0.499. The van der Waals surface area contributed by atoms with E-state index in [1.807, 2.05) is 6.92 Å². The maximum atomic E-state index is 13.8. The lowest BCUT2D eigenvalue weighted by Crippen LogP contribution is -2.25. The monoisotopic (exact) mass is 378 g/mol. The van der Waals surface area contributed by atoms with Crippen molar-refractivity contribution in [1.82, 2.24) is 29.9 Å². The van der Waals surface area contributed by atoms with Gasteiger partial charge in [0.2, 0.25) is 11.7 Å². The highest BCUT2D eigenvalue weighted by molar-refractivity contribution is 5.91. The predicted molar refractivity (Wildman–Crippen MR) is 97.4 cm³/mol. The third kappa shape index (κ3) is 3.50. The van der Waals surface area contributed by atoms with Crippen molar-refractivity contribution in [3.63, 3.8) is 0 Å². The average Bonchev–Trinajstić information content (AvgIpc) is 3.12. The summed E-state index contributed by atoms with van der Waals surface area (Å²) in [5.74, 6) is -0.215. The Labute approximate surface area is 159 Å². The molecule has 4 aromatic rings. The molecule has 1 amide bonds. The van der Waals surface area contributed by atoms with E-state index in [1.54, 1.807) is 36.5 Å². The average molecular weight is 378 g/mol. The first-order valence-corrected chi connectivity index (χ1v) is 8.44. The van der Waals surface area contributed by atoms with Crippen LogP contribution in [0, 0.1) is 12.7 Å². The largest absolute Gasteiger partial charge is 0.436 e. The Bertz CT molecular complexity index is 1160. The third-order valence-corrected chi connectivity index (χ3v) is 3.95. The molecule has 0 unspecified atom stereocenters. The number of fused-ring (bicyclic) bond motifs is 1. The summed E-state index contributed by atoms with van der Waals surface area (Å²) in [6.45, 7) is 1.94. The summed E-state index contributed by atoms with van der Waals surface area (Å²) in [5, 5.41) is 10.5. The van der Waals surface area contributed by atoms with E-state index in [0.29, 0.717) is 11.3 Å². The van der Waals surface area contributed by atoms with Gasteiger partial charge in [0.15, 0.2) is 11.6 Å². The summed E-state index contributed by atoms with van der Waals surface area (Å²) in [7, 11) is 0. The third-order valence-electron chi connectivity index (χ3n) is 3.95. The van der Waals surface area contributed by atoms with Gasteiger partial charge in [0.05, 0.1) is 0 Å². The molecule has 28 heavy (non-hydrogen) atoms. The number of para-hydroxylation sites is 1. The first-order chi connectivity index (χ1) is 13.6. The van der Waals surface area contributed by atoms with Crippen LogP contribution in [0.1, 0.15) is 21.9 Å². The number of hydrogen-bond acceptors (Lipinski definition) is 6. The van der Waals surface area contributed by atoms with Crippen LogP contribution in [0.3, 0.4) is 0 Å². The molecule has 0 aliphatic carbocycles. The number of nitrogens with one attached hydrogen (secondary N) is 1. The van der Waals surface area contributed by atoms with Crippen LogP contribution in [-0.4, -0.2) is 30.5 Å². The van der Waals surface area contributed by atoms with Crippen molar-refractivity contribution < 1.29 is 13.9 Å². The number of amides is 1. The van der Waals surface area contributed by atoms with Gasteiger partial charge in [0, 0.05) is 30.2 Å². The van der Waals surface area contributed by atoms with Crippen LogP contribution in [0.4, 0.5) is 4.39 Å². The number of nitrogens with zero attached hydrogens (tertiary/aromatic N) is 5. The maximum Gasteiger partial charge on any atom is 0.289 e. The lowest BCUT2D eigenvalue weighted by molar-refractivity contribution is 0.0939. The van der Waals surface area contributed by atoms with E-state index in [-0.39, 0.29) is 24.0 Å². The van der Waals surface area contributed by atoms with Crippen LogP contribution in [-0.2, 0) is 6.54 Å². The second-order valence-electron chi connectivity index (χ2n) is 5.95. The van der Waals surface area contributed by atoms with E-state index in [9.17, 15) is 9.18 Å². The molecule has 0 saturated heterocycles. The van der Waals surface area contributed by atoms with Crippen molar-refractivity contribution in [2.24, 2.45) is 0 Å². The molecular formula is C19H15FN6O2. The highest BCUT2D eigenvalue weighted by atomic mass is 19.1. The second kappa shape index (κ2) is 7.39. The quantitative estimate of drug-likeness (QED) is 0.574. The van der Waals surface area contributed by atoms with Gasteiger partial charge in [-0.05, 0) is 31.2 Å². The second-order valence-corrected chi connectivity index (χ2v) is 5.95. The van der Waals surface area contributed by atoms with Crippen molar-refractivity contribution in [3.05, 3.63) is 77.8 Å². The van der Waals surface area contributed by atoms with E-state index in [2.05, 4.69) is 25.5 Å². The van der Waals surface area contributed by atoms with Gasteiger partial charge >= 0.3 is 0 Å². The normalized spacial score (nSPS) is 10.8. The highest BCUT2D eigenvalue weighted by Crippen LogP contribution is 2.25. The molecule has 140 valence electrons. The summed E-state index contributed by atoms with van der Waals surface area (Å²) in [6.07, 6.45) is 3.21. The number of aryl methyl sites for hydroxylation is 1. The molecule has 8 nitrogen and oxygen atoms in total. The Hall–Kier alpha value is -3.88. The van der Waals surface area contributed by atoms with Gasteiger partial charge in [-0.1, -0.05) is 18.2 Å². The smallest absolute Gasteiger partial charge is 0.289 e. The zero-order valence-electron chi connectivity index (χ0n) is 14.8. The van der Waals surface area contributed by atoms with Gasteiger partial charge in [-0.3, -0.25) is 9.20 Å². The van der Waals surface area contributed by atoms with Crippen molar-refractivity contribution in [2.45, 2.75) is 13.5 Å². The van der Waals surface area contributed by atoms with Gasteiger partial charge in [-0.15, -0.1) is 10.2 Å². The Morgan fingerprint density at radius 3 is 2.89 bits per heavy atom. The van der Waals surface area contributed by atoms with Gasteiger partial charge in [0.25, 0.3) is 11.7 Å². The molecule has 0 spiro atoms. The molecule has 0 fully saturated rings. The zero-order chi connectivity index (χ0) is 19.5. The Morgan fingerprint density at radius 2 is 2.04 bits per heavy atom. The lowest BCUT2D eigenvalue weighted by Gasteiger charge is -2.11. The van der Waals surface area contributed by atoms with Crippen LogP contribution in [0.5, 0.6) is 11.6 Å². The Morgan fingerprint density at radius 1 is 1.18 bits per heavy atom. The number of hydrogen-bond donors (Lipinski definition) is 1. The standard InChI is InChI=1S/C19H15FN6O2/c1-12-8-10-26-16(24-25-19(26)23-12)17(27)22-11-13-5-4-9-21-18(13)28-15-7-3-2-6-14(15)20/h2-10H,11H2,1H3,(H,22,27). The van der Waals surface area contributed by atoms with Crippen LogP contribution in [0.2, 0.25) is 0 Å². The fraction of sp³-hybridized carbons (Fsp3) is 0.105. The fourth-order valence-corrected chi connectivity index (χ4v) is 2.57. The number of benzene rings is 1. The molecule has 9 heteroatoms. The van der Waals surface area contributed by atoms with Crippen LogP contribution >= 0.6 is 0 Å². The SMILES string of the molecule is Cc1ccn2c(C(=O)NCc3cccnc3Oc3ccccc3F)nnc2n1. The molecule has 3 heterocycles. The summed E-state index contributed by atoms with van der Waals surface area (Å²) >= 11 is 0. The Kier molecular flexibility index (Phi) is 4.63. The molecule has 1 aromatic carbocycles. The Balaban J connectivity index is 1.52. The number of aromatic nitrogens is 5. The molecule has 0 aliphatic heterocycles. The minimum absolute atomic E-state index is 0.0543. The number of rotatable bonds is 5. The number of pyridine rings is 1. The molecule has 0 atom stereocenters. The number of carbonyl (C=O) groups is 1. The van der Waals surface area contributed by atoms with Gasteiger partial charge in [0.1, 0.15) is 0 Å². The molecule has 1 N–H and O–H groups in total. The summed E-state index contributed by atoms with van der Waals surface area (Å²) in [6, 6.07) is 11.2. The predicted octanol–water partition coefficient (Wildman–Crippen LogP) is 2.69. The van der Waals surface area contributed by atoms with E-state index >= 15 is 0 Å². The maximum absolute atomic E-state index is 13.8. The van der Waals surface area contributed by atoms with Crippen molar-refractivity contribution in [2.75, 3.05) is 0 Å². The first kappa shape index (κ1) is 17.5. The number of carbonyl (C=O) groups excluding carboxylic acids is 1. The highest BCUT2D eigenvalue weighted by Gasteiger charge is 2.16. The summed E-state index contributed by atoms with van der Waals surface area (Å²) < 4.78 is 20.9. The van der Waals surface area contributed by atoms with Gasteiger partial charge in [-0.25, -0.2) is 14.4 Å². The topological polar surface area (TPSA) is 94.3 Å². The first-order valence-electron chi connectivity index (χ1n) is 8.44. The molecule has 0 bridgehead atoms. The van der Waals surface area contributed by atoms with Crippen LogP contribution in [0.25, 0.3) is 5.78 Å². The summed E-state index contributed by atoms with van der Waals surface area (Å²) in [4.78, 5) is 20.9. The van der Waals surface area contributed by atoms with Crippen LogP contribution < -0.4 is 10.1 Å². The van der Waals surface area contributed by atoms with Crippen LogP contribution in [0.15, 0.2) is 54.9 Å². The molecular weight excluding hydrogens is 363 g/mol. The van der Waals surface area contributed by atoms with Gasteiger partial charge in [-0.2, -0.15) is 0 Å². The zero-order valence-corrected chi connectivity index (χ0v) is 14.8. The van der Waals surface area contributed by atoms with E-state index < -0.39 is 11.7 Å². The number of halogens is 1. The minimum Gasteiger partial charge on any atom is -0.436 e. The molecule has 3 aromatic heterocycles. The van der Waals surface area contributed by atoms with E-state index in [4.69, 9.17) is 4.74 Å². The lowest BCUT2D eigenvalue weighted by atomic mass is 10.2. The summed E-state index contributed by atoms with van der Waals surface area (Å²) in [5.41, 5.74) is 1.36. The van der Waals surface area contributed by atoms with E-state index in [0.717, 1.165) is 5.69 Å². The molecule has 0 aliphatic rings. The molecule has 0 radical (unpaired) electrons. The van der Waals surface area contributed by atoms with E-state index in [1.165, 1.54) is 22.7 Å². The van der Waals surface area contributed by atoms with Crippen molar-refractivity contribution in [3.8, 4) is 11.6 Å². The molecule has 4 rings (SSSR count). The fourth-order valence-electron chi connectivity index (χ4n) is 2.57. The van der Waals surface area contributed by atoms with Crippen molar-refractivity contribution >= 4 is 11.7 Å². The van der Waals surface area contributed by atoms with Crippen molar-refractivity contribution in [1.29, 1.82) is 0 Å². The van der Waals surface area contributed by atoms with Gasteiger partial charge < -0.3 is 10.1 Å². The molecule has 0 saturated carbocycles. The number of ether oxygens (including phenoxy) is 1.